The summed E-state index contributed by atoms with van der Waals surface area (Å²) >= 11 is 0. The zero-order valence-electron chi connectivity index (χ0n) is 12.2. The average molecular weight is 293 g/mol. The summed E-state index contributed by atoms with van der Waals surface area (Å²) in [6.07, 6.45) is 1.96. The fourth-order valence-corrected chi connectivity index (χ4v) is 2.87. The maximum absolute atomic E-state index is 12.1. The first-order valence-corrected chi connectivity index (χ1v) is 7.04. The highest BCUT2D eigenvalue weighted by Crippen LogP contribution is 2.21. The summed E-state index contributed by atoms with van der Waals surface area (Å²) < 4.78 is 2.43. The number of aliphatic hydroxyl groups excluding tert-OH is 1. The van der Waals surface area contributed by atoms with E-state index in [1.807, 2.05) is 4.90 Å². The molecule has 0 saturated carbocycles. The van der Waals surface area contributed by atoms with Crippen LogP contribution in [0, 0.1) is 5.92 Å². The second-order valence-corrected chi connectivity index (χ2v) is 5.60. The number of hydrogen-bond acceptors (Lipinski definition) is 5. The number of nitrogens with one attached hydrogen (secondary N) is 1. The van der Waals surface area contributed by atoms with E-state index >= 15 is 0 Å². The lowest BCUT2D eigenvalue weighted by Crippen LogP contribution is -2.37. The highest BCUT2D eigenvalue weighted by atomic mass is 16.3. The van der Waals surface area contributed by atoms with Crippen LogP contribution in [0.15, 0.2) is 9.59 Å². The summed E-state index contributed by atoms with van der Waals surface area (Å²) in [6.45, 7) is 1.67. The molecule has 21 heavy (non-hydrogen) atoms. The largest absolute Gasteiger partial charge is 0.396 e. The second-order valence-electron chi connectivity index (χ2n) is 5.60. The van der Waals surface area contributed by atoms with Crippen molar-refractivity contribution in [2.75, 3.05) is 24.6 Å². The number of fused-ring (bicyclic) bond motifs is 1. The fourth-order valence-electron chi connectivity index (χ4n) is 2.87. The number of aliphatic hydroxyl groups is 1. The summed E-state index contributed by atoms with van der Waals surface area (Å²) in [4.78, 5) is 33.5. The van der Waals surface area contributed by atoms with Gasteiger partial charge in [0.2, 0.25) is 5.95 Å². The molecule has 3 rings (SSSR count). The highest BCUT2D eigenvalue weighted by Gasteiger charge is 2.23. The lowest BCUT2D eigenvalue weighted by Gasteiger charge is -2.31. The number of rotatable bonds is 2. The summed E-state index contributed by atoms with van der Waals surface area (Å²) in [7, 11) is 3.05. The molecule has 2 N–H and O–H groups in total. The second kappa shape index (κ2) is 5.03. The van der Waals surface area contributed by atoms with Crippen LogP contribution in [0.3, 0.4) is 0 Å². The van der Waals surface area contributed by atoms with Crippen LogP contribution in [0.4, 0.5) is 5.95 Å². The molecule has 1 fully saturated rings. The zero-order valence-corrected chi connectivity index (χ0v) is 12.2. The summed E-state index contributed by atoms with van der Waals surface area (Å²) in [5.41, 5.74) is -0.0649. The number of anilines is 1. The van der Waals surface area contributed by atoms with E-state index in [4.69, 9.17) is 0 Å². The predicted octanol–water partition coefficient (Wildman–Crippen LogP) is -0.831. The van der Waals surface area contributed by atoms with Crippen LogP contribution in [0.25, 0.3) is 11.2 Å². The molecule has 1 atom stereocenters. The van der Waals surface area contributed by atoms with Gasteiger partial charge in [-0.2, -0.15) is 4.98 Å². The number of H-pyrrole nitrogens is 1. The Balaban J connectivity index is 2.10. The summed E-state index contributed by atoms with van der Waals surface area (Å²) in [5.74, 6) is 0.806. The van der Waals surface area contributed by atoms with Gasteiger partial charge in [0.05, 0.1) is 0 Å². The van der Waals surface area contributed by atoms with Gasteiger partial charge in [0.15, 0.2) is 11.2 Å². The van der Waals surface area contributed by atoms with E-state index in [9.17, 15) is 14.7 Å². The predicted molar refractivity (Wildman–Crippen MR) is 78.6 cm³/mol. The van der Waals surface area contributed by atoms with Crippen LogP contribution < -0.4 is 16.1 Å². The number of imidazole rings is 1. The fraction of sp³-hybridized carbons (Fsp3) is 0.615. The number of aryl methyl sites for hydroxylation is 1. The van der Waals surface area contributed by atoms with Gasteiger partial charge >= 0.3 is 5.69 Å². The van der Waals surface area contributed by atoms with E-state index in [-0.39, 0.29) is 18.1 Å². The molecule has 0 bridgehead atoms. The van der Waals surface area contributed by atoms with Gasteiger partial charge in [0, 0.05) is 33.8 Å². The van der Waals surface area contributed by atoms with Crippen LogP contribution in [-0.2, 0) is 14.1 Å². The molecule has 114 valence electrons. The van der Waals surface area contributed by atoms with E-state index in [2.05, 4.69) is 9.97 Å². The Morgan fingerprint density at radius 3 is 2.81 bits per heavy atom. The first-order valence-electron chi connectivity index (χ1n) is 7.04. The van der Waals surface area contributed by atoms with Crippen LogP contribution >= 0.6 is 0 Å². The molecule has 1 unspecified atom stereocenters. The molecule has 8 heteroatoms. The van der Waals surface area contributed by atoms with Crippen LogP contribution in [0.1, 0.15) is 12.8 Å². The molecule has 2 aromatic rings. The Bertz CT molecular complexity index is 787. The van der Waals surface area contributed by atoms with Crippen molar-refractivity contribution in [1.82, 2.24) is 19.1 Å². The molecular weight excluding hydrogens is 274 g/mol. The van der Waals surface area contributed by atoms with Gasteiger partial charge in [0.25, 0.3) is 5.56 Å². The maximum Gasteiger partial charge on any atom is 0.332 e. The van der Waals surface area contributed by atoms with Crippen molar-refractivity contribution < 1.29 is 5.11 Å². The number of nitrogens with zero attached hydrogens (tertiary/aromatic N) is 4. The van der Waals surface area contributed by atoms with Crippen molar-refractivity contribution in [3.63, 3.8) is 0 Å². The molecule has 0 aromatic carbocycles. The molecule has 1 aliphatic heterocycles. The quantitative estimate of drug-likeness (QED) is 0.753. The van der Waals surface area contributed by atoms with Gasteiger partial charge in [-0.3, -0.25) is 13.9 Å². The van der Waals surface area contributed by atoms with Gasteiger partial charge in [0.1, 0.15) is 0 Å². The highest BCUT2D eigenvalue weighted by molar-refractivity contribution is 5.73. The van der Waals surface area contributed by atoms with Crippen molar-refractivity contribution in [3.05, 3.63) is 20.8 Å². The first-order chi connectivity index (χ1) is 10.0. The average Bonchev–Trinajstić information content (AvgIpc) is 2.96. The Morgan fingerprint density at radius 1 is 1.33 bits per heavy atom. The van der Waals surface area contributed by atoms with Crippen molar-refractivity contribution >= 4 is 17.1 Å². The van der Waals surface area contributed by atoms with Gasteiger partial charge < -0.3 is 15.0 Å². The van der Waals surface area contributed by atoms with E-state index in [0.717, 1.165) is 24.0 Å². The molecule has 0 amide bonds. The first kappa shape index (κ1) is 13.9. The summed E-state index contributed by atoms with van der Waals surface area (Å²) in [5, 5.41) is 9.30. The third-order valence-electron chi connectivity index (χ3n) is 4.16. The molecular formula is C13H19N5O3. The van der Waals surface area contributed by atoms with E-state index in [0.29, 0.717) is 23.7 Å². The molecule has 1 aliphatic rings. The normalized spacial score (nSPS) is 19.4. The minimum Gasteiger partial charge on any atom is -0.396 e. The van der Waals surface area contributed by atoms with E-state index in [1.165, 1.54) is 11.6 Å². The van der Waals surface area contributed by atoms with E-state index in [1.54, 1.807) is 7.05 Å². The minimum absolute atomic E-state index is 0.150. The lowest BCUT2D eigenvalue weighted by molar-refractivity contribution is 0.208. The van der Waals surface area contributed by atoms with Crippen LogP contribution in [0.5, 0.6) is 0 Å². The molecule has 0 aliphatic carbocycles. The third kappa shape index (κ3) is 2.15. The molecule has 0 radical (unpaired) electrons. The Morgan fingerprint density at radius 2 is 2.10 bits per heavy atom. The topological polar surface area (TPSA) is 96.2 Å². The van der Waals surface area contributed by atoms with Crippen molar-refractivity contribution in [1.29, 1.82) is 0 Å². The number of hydrogen-bond donors (Lipinski definition) is 2. The lowest BCUT2D eigenvalue weighted by atomic mass is 9.99. The standard InChI is InChI=1S/C13H19N5O3/c1-16-10-9(11(20)17(2)13(16)21)14-12(15-10)18-5-3-4-8(6-18)7-19/h8,19H,3-7H2,1-2H3,(H,14,15). The van der Waals surface area contributed by atoms with Gasteiger partial charge in [-0.25, -0.2) is 4.79 Å². The smallest absolute Gasteiger partial charge is 0.332 e. The monoisotopic (exact) mass is 293 g/mol. The Hall–Kier alpha value is -2.09. The van der Waals surface area contributed by atoms with E-state index < -0.39 is 5.69 Å². The summed E-state index contributed by atoms with van der Waals surface area (Å²) in [6, 6.07) is 0. The SMILES string of the molecule is Cn1c(=O)c2[nH]c(N3CCCC(CO)C3)nc2n(C)c1=O. The maximum atomic E-state index is 12.1. The van der Waals surface area contributed by atoms with Crippen molar-refractivity contribution in [3.8, 4) is 0 Å². The number of piperidine rings is 1. The molecule has 8 nitrogen and oxygen atoms in total. The molecule has 2 aromatic heterocycles. The molecule has 1 saturated heterocycles. The van der Waals surface area contributed by atoms with Gasteiger partial charge in [-0.05, 0) is 18.8 Å². The van der Waals surface area contributed by atoms with Crippen molar-refractivity contribution in [2.45, 2.75) is 12.8 Å². The Kier molecular flexibility index (Phi) is 3.32. The van der Waals surface area contributed by atoms with Gasteiger partial charge in [-0.1, -0.05) is 0 Å². The zero-order chi connectivity index (χ0) is 15.1. The number of aromatic amines is 1. The van der Waals surface area contributed by atoms with Crippen LogP contribution in [-0.4, -0.2) is 43.9 Å². The van der Waals surface area contributed by atoms with Gasteiger partial charge in [-0.15, -0.1) is 0 Å². The molecule has 3 heterocycles. The third-order valence-corrected chi connectivity index (χ3v) is 4.16. The number of aromatic nitrogens is 4. The minimum atomic E-state index is -0.391. The molecule has 0 spiro atoms. The Labute approximate surface area is 120 Å². The van der Waals surface area contributed by atoms with Crippen LogP contribution in [0.2, 0.25) is 0 Å². The van der Waals surface area contributed by atoms with Crippen molar-refractivity contribution in [2.24, 2.45) is 20.0 Å².